The average molecular weight is 371 g/mol. The van der Waals surface area contributed by atoms with E-state index in [1.807, 2.05) is 0 Å². The molecule has 0 radical (unpaired) electrons. The van der Waals surface area contributed by atoms with Crippen LogP contribution in [0, 0.1) is 5.92 Å². The van der Waals surface area contributed by atoms with E-state index in [1.165, 1.54) is 6.07 Å². The molecule has 0 saturated carbocycles. The van der Waals surface area contributed by atoms with Crippen molar-refractivity contribution >= 4 is 23.0 Å². The van der Waals surface area contributed by atoms with E-state index in [9.17, 15) is 22.8 Å². The Labute approximate surface area is 147 Å². The maximum absolute atomic E-state index is 12.8. The van der Waals surface area contributed by atoms with Crippen molar-refractivity contribution in [3.63, 3.8) is 0 Å². The van der Waals surface area contributed by atoms with Gasteiger partial charge in [0, 0.05) is 7.05 Å². The molecule has 0 unspecified atom stereocenters. The number of hydrogen-bond donors (Lipinski definition) is 3. The Hall–Kier alpha value is -2.78. The number of rotatable bonds is 5. The zero-order chi connectivity index (χ0) is 19.6. The number of aromatic nitrogens is 2. The predicted octanol–water partition coefficient (Wildman–Crippen LogP) is 1.90. The standard InChI is InChI=1S/C16H20F3N5O2/c1-8(2)13(14(20)25)23-15(26)21-7-12-22-10-6-9(16(17,18)19)4-5-11(10)24(12)3/h4-6,8,13H,7H2,1-3H3,(H2,20,25)(H2,21,23,26)/t13-/m0/s1. The van der Waals surface area contributed by atoms with E-state index in [0.29, 0.717) is 11.3 Å². The molecule has 142 valence electrons. The summed E-state index contributed by atoms with van der Waals surface area (Å²) in [4.78, 5) is 27.4. The van der Waals surface area contributed by atoms with E-state index in [2.05, 4.69) is 15.6 Å². The average Bonchev–Trinajstić information content (AvgIpc) is 2.85. The minimum atomic E-state index is -4.45. The van der Waals surface area contributed by atoms with Crippen LogP contribution in [0.2, 0.25) is 0 Å². The van der Waals surface area contributed by atoms with Gasteiger partial charge in [0.2, 0.25) is 5.91 Å². The zero-order valence-corrected chi connectivity index (χ0v) is 14.5. The van der Waals surface area contributed by atoms with Gasteiger partial charge in [0.1, 0.15) is 11.9 Å². The molecule has 1 atom stereocenters. The minimum absolute atomic E-state index is 0.0259. The van der Waals surface area contributed by atoms with Crippen LogP contribution in [0.25, 0.3) is 11.0 Å². The van der Waals surface area contributed by atoms with Crippen molar-refractivity contribution in [1.29, 1.82) is 0 Å². The molecule has 4 N–H and O–H groups in total. The number of aryl methyl sites for hydroxylation is 1. The highest BCUT2D eigenvalue weighted by atomic mass is 19.4. The smallest absolute Gasteiger partial charge is 0.368 e. The van der Waals surface area contributed by atoms with Crippen LogP contribution in [0.1, 0.15) is 25.2 Å². The van der Waals surface area contributed by atoms with Crippen LogP contribution in [0.15, 0.2) is 18.2 Å². The molecular weight excluding hydrogens is 351 g/mol. The van der Waals surface area contributed by atoms with Gasteiger partial charge in [-0.25, -0.2) is 9.78 Å². The Morgan fingerprint density at radius 3 is 2.50 bits per heavy atom. The zero-order valence-electron chi connectivity index (χ0n) is 14.5. The Morgan fingerprint density at radius 1 is 1.31 bits per heavy atom. The molecule has 2 rings (SSSR count). The summed E-state index contributed by atoms with van der Waals surface area (Å²) in [6.45, 7) is 3.45. The summed E-state index contributed by atoms with van der Waals surface area (Å²) >= 11 is 0. The molecule has 1 heterocycles. The first-order valence-electron chi connectivity index (χ1n) is 7.87. The lowest BCUT2D eigenvalue weighted by molar-refractivity contribution is -0.137. The lowest BCUT2D eigenvalue weighted by Gasteiger charge is -2.19. The maximum Gasteiger partial charge on any atom is 0.416 e. The van der Waals surface area contributed by atoms with Crippen molar-refractivity contribution in [2.24, 2.45) is 18.7 Å². The van der Waals surface area contributed by atoms with Gasteiger partial charge in [-0.1, -0.05) is 13.8 Å². The third kappa shape index (κ3) is 4.24. The van der Waals surface area contributed by atoms with Crippen LogP contribution in [-0.2, 0) is 24.6 Å². The van der Waals surface area contributed by atoms with Gasteiger partial charge < -0.3 is 20.9 Å². The molecule has 0 fully saturated rings. The van der Waals surface area contributed by atoms with Crippen LogP contribution in [-0.4, -0.2) is 27.5 Å². The SMILES string of the molecule is CC(C)[C@H](NC(=O)NCc1nc2cc(C(F)(F)F)ccc2n1C)C(N)=O. The topological polar surface area (TPSA) is 102 Å². The number of urea groups is 1. The molecule has 1 aromatic carbocycles. The lowest BCUT2D eigenvalue weighted by Crippen LogP contribution is -2.51. The van der Waals surface area contributed by atoms with Gasteiger partial charge in [-0.05, 0) is 24.1 Å². The molecule has 3 amide bonds. The van der Waals surface area contributed by atoms with E-state index in [0.717, 1.165) is 12.1 Å². The van der Waals surface area contributed by atoms with Gasteiger partial charge in [0.25, 0.3) is 0 Å². The van der Waals surface area contributed by atoms with E-state index < -0.39 is 29.7 Å². The fourth-order valence-corrected chi connectivity index (χ4v) is 2.50. The van der Waals surface area contributed by atoms with Crippen molar-refractivity contribution in [3.8, 4) is 0 Å². The molecular formula is C16H20F3N5O2. The lowest BCUT2D eigenvalue weighted by atomic mass is 10.0. The molecule has 0 saturated heterocycles. The number of primary amides is 1. The summed E-state index contributed by atoms with van der Waals surface area (Å²) in [5.41, 5.74) is 5.12. The van der Waals surface area contributed by atoms with Gasteiger partial charge in [0.15, 0.2) is 0 Å². The molecule has 1 aromatic heterocycles. The summed E-state index contributed by atoms with van der Waals surface area (Å²) < 4.78 is 40.0. The van der Waals surface area contributed by atoms with Crippen molar-refractivity contribution in [3.05, 3.63) is 29.6 Å². The first-order chi connectivity index (χ1) is 12.0. The summed E-state index contributed by atoms with van der Waals surface area (Å²) in [6.07, 6.45) is -4.45. The third-order valence-corrected chi connectivity index (χ3v) is 3.97. The van der Waals surface area contributed by atoms with Crippen LogP contribution in [0.5, 0.6) is 0 Å². The van der Waals surface area contributed by atoms with E-state index in [1.54, 1.807) is 25.5 Å². The fourth-order valence-electron chi connectivity index (χ4n) is 2.50. The third-order valence-electron chi connectivity index (χ3n) is 3.97. The number of amides is 3. The van der Waals surface area contributed by atoms with Gasteiger partial charge >= 0.3 is 12.2 Å². The molecule has 0 bridgehead atoms. The predicted molar refractivity (Wildman–Crippen MR) is 88.9 cm³/mol. The molecule has 0 spiro atoms. The number of carbonyl (C=O) groups is 2. The number of hydrogen-bond acceptors (Lipinski definition) is 3. The monoisotopic (exact) mass is 371 g/mol. The maximum atomic E-state index is 12.8. The largest absolute Gasteiger partial charge is 0.416 e. The molecule has 0 aliphatic carbocycles. The van der Waals surface area contributed by atoms with Crippen molar-refractivity contribution in [1.82, 2.24) is 20.2 Å². The Kier molecular flexibility index (Phi) is 5.43. The second kappa shape index (κ2) is 7.22. The number of nitrogens with zero attached hydrogens (tertiary/aromatic N) is 2. The number of fused-ring (bicyclic) bond motifs is 1. The van der Waals surface area contributed by atoms with Gasteiger partial charge in [0.05, 0.1) is 23.1 Å². The number of benzene rings is 1. The second-order valence-corrected chi connectivity index (χ2v) is 6.24. The summed E-state index contributed by atoms with van der Waals surface area (Å²) in [5, 5.41) is 4.98. The van der Waals surface area contributed by atoms with Gasteiger partial charge in [-0.2, -0.15) is 13.2 Å². The Bertz CT molecular complexity index is 829. The number of halogens is 3. The molecule has 0 aliphatic rings. The number of alkyl halides is 3. The van der Waals surface area contributed by atoms with Crippen LogP contribution in [0.4, 0.5) is 18.0 Å². The highest BCUT2D eigenvalue weighted by molar-refractivity contribution is 5.86. The molecule has 26 heavy (non-hydrogen) atoms. The second-order valence-electron chi connectivity index (χ2n) is 6.24. The van der Waals surface area contributed by atoms with Crippen molar-refractivity contribution in [2.75, 3.05) is 0 Å². The number of carbonyl (C=O) groups excluding carboxylic acids is 2. The Morgan fingerprint density at radius 2 is 1.96 bits per heavy atom. The highest BCUT2D eigenvalue weighted by Crippen LogP contribution is 2.31. The van der Waals surface area contributed by atoms with Crippen LogP contribution < -0.4 is 16.4 Å². The first-order valence-corrected chi connectivity index (χ1v) is 7.87. The fraction of sp³-hybridized carbons (Fsp3) is 0.438. The minimum Gasteiger partial charge on any atom is -0.368 e. The van der Waals surface area contributed by atoms with Crippen molar-refractivity contribution in [2.45, 2.75) is 32.6 Å². The Balaban J connectivity index is 2.12. The molecule has 0 aliphatic heterocycles. The van der Waals surface area contributed by atoms with Crippen LogP contribution in [0.3, 0.4) is 0 Å². The van der Waals surface area contributed by atoms with E-state index in [-0.39, 0.29) is 18.0 Å². The normalized spacial score (nSPS) is 13.0. The van der Waals surface area contributed by atoms with Crippen LogP contribution >= 0.6 is 0 Å². The van der Waals surface area contributed by atoms with Gasteiger partial charge in [-0.3, -0.25) is 4.79 Å². The van der Waals surface area contributed by atoms with Gasteiger partial charge in [-0.15, -0.1) is 0 Å². The highest BCUT2D eigenvalue weighted by Gasteiger charge is 2.31. The van der Waals surface area contributed by atoms with E-state index in [4.69, 9.17) is 5.73 Å². The van der Waals surface area contributed by atoms with E-state index >= 15 is 0 Å². The quantitative estimate of drug-likeness (QED) is 0.748. The number of imidazole rings is 1. The summed E-state index contributed by atoms with van der Waals surface area (Å²) in [6, 6.07) is 1.82. The number of nitrogens with one attached hydrogen (secondary N) is 2. The summed E-state index contributed by atoms with van der Waals surface area (Å²) in [7, 11) is 1.64. The summed E-state index contributed by atoms with van der Waals surface area (Å²) in [5.74, 6) is -0.470. The first kappa shape index (κ1) is 19.5. The molecule has 7 nitrogen and oxygen atoms in total. The van der Waals surface area contributed by atoms with Crippen molar-refractivity contribution < 1.29 is 22.8 Å². The molecule has 2 aromatic rings. The number of nitrogens with two attached hydrogens (primary N) is 1. The molecule has 10 heteroatoms.